The van der Waals surface area contributed by atoms with E-state index in [1.807, 2.05) is 0 Å². The molecule has 1 aliphatic carbocycles. The Bertz CT molecular complexity index is 164. The maximum Gasteiger partial charge on any atom is 0.0101 e. The smallest absolute Gasteiger partial charge is 0.0101 e. The van der Waals surface area contributed by atoms with Gasteiger partial charge in [0.05, 0.1) is 0 Å². The number of likely N-dealkylation sites (tertiary alicyclic amines) is 1. The van der Waals surface area contributed by atoms with E-state index in [9.17, 15) is 0 Å². The van der Waals surface area contributed by atoms with Gasteiger partial charge in [0.25, 0.3) is 0 Å². The van der Waals surface area contributed by atoms with E-state index in [-0.39, 0.29) is 0 Å². The predicted octanol–water partition coefficient (Wildman–Crippen LogP) is 2.52. The molecular formula is C11H21N. The summed E-state index contributed by atoms with van der Waals surface area (Å²) in [6.07, 6.45) is 4.49. The number of nitrogens with zero attached hydrogens (tertiary/aromatic N) is 1. The molecular weight excluding hydrogens is 146 g/mol. The van der Waals surface area contributed by atoms with E-state index < -0.39 is 0 Å². The molecule has 2 aliphatic rings. The van der Waals surface area contributed by atoms with Gasteiger partial charge in [0, 0.05) is 18.6 Å². The molecule has 1 heteroatoms. The van der Waals surface area contributed by atoms with Gasteiger partial charge in [0.2, 0.25) is 0 Å². The summed E-state index contributed by atoms with van der Waals surface area (Å²) in [6, 6.07) is 1.61. The second-order valence-electron chi connectivity index (χ2n) is 4.89. The first kappa shape index (κ1) is 8.55. The maximum atomic E-state index is 2.69. The molecule has 1 heterocycles. The van der Waals surface area contributed by atoms with Crippen LogP contribution in [0.5, 0.6) is 0 Å². The van der Waals surface area contributed by atoms with Gasteiger partial charge in [0.1, 0.15) is 0 Å². The topological polar surface area (TPSA) is 3.24 Å². The molecule has 2 fully saturated rings. The number of hydrogen-bond acceptors (Lipinski definition) is 1. The zero-order valence-electron chi connectivity index (χ0n) is 8.59. The fraction of sp³-hybridized carbons (Fsp3) is 1.00. The van der Waals surface area contributed by atoms with Crippen molar-refractivity contribution in [2.24, 2.45) is 11.8 Å². The molecule has 3 unspecified atom stereocenters. The van der Waals surface area contributed by atoms with Gasteiger partial charge in [-0.15, -0.1) is 0 Å². The molecule has 0 spiro atoms. The average molecular weight is 167 g/mol. The van der Waals surface area contributed by atoms with E-state index in [1.54, 1.807) is 0 Å². The van der Waals surface area contributed by atoms with Crippen molar-refractivity contribution < 1.29 is 0 Å². The third kappa shape index (κ3) is 1.19. The van der Waals surface area contributed by atoms with Crippen LogP contribution in [0.1, 0.15) is 40.0 Å². The highest BCUT2D eigenvalue weighted by Gasteiger charge is 2.42. The Morgan fingerprint density at radius 2 is 2.00 bits per heavy atom. The third-order valence-electron chi connectivity index (χ3n) is 3.97. The minimum Gasteiger partial charge on any atom is -0.298 e. The second-order valence-corrected chi connectivity index (χ2v) is 4.89. The van der Waals surface area contributed by atoms with Crippen LogP contribution < -0.4 is 0 Å². The van der Waals surface area contributed by atoms with Crippen LogP contribution in [0.25, 0.3) is 0 Å². The Balaban J connectivity index is 2.05. The lowest BCUT2D eigenvalue weighted by atomic mass is 9.95. The molecule has 0 bridgehead atoms. The summed E-state index contributed by atoms with van der Waals surface area (Å²) in [4.78, 5) is 2.69. The Hall–Kier alpha value is -0.0400. The summed E-state index contributed by atoms with van der Waals surface area (Å²) < 4.78 is 0. The fourth-order valence-electron chi connectivity index (χ4n) is 3.29. The van der Waals surface area contributed by atoms with Crippen LogP contribution in [0, 0.1) is 11.8 Å². The zero-order valence-corrected chi connectivity index (χ0v) is 8.59. The summed E-state index contributed by atoms with van der Waals surface area (Å²) in [6.45, 7) is 8.47. The van der Waals surface area contributed by atoms with Crippen molar-refractivity contribution in [3.05, 3.63) is 0 Å². The van der Waals surface area contributed by atoms with Gasteiger partial charge in [-0.3, -0.25) is 4.90 Å². The van der Waals surface area contributed by atoms with Crippen LogP contribution in [-0.4, -0.2) is 23.5 Å². The van der Waals surface area contributed by atoms with Crippen LogP contribution in [-0.2, 0) is 0 Å². The summed E-state index contributed by atoms with van der Waals surface area (Å²) in [5.41, 5.74) is 0. The Morgan fingerprint density at radius 1 is 1.25 bits per heavy atom. The summed E-state index contributed by atoms with van der Waals surface area (Å²) in [5, 5.41) is 0. The van der Waals surface area contributed by atoms with E-state index in [0.29, 0.717) is 0 Å². The van der Waals surface area contributed by atoms with Crippen LogP contribution in [0.2, 0.25) is 0 Å². The molecule has 0 radical (unpaired) electrons. The van der Waals surface area contributed by atoms with Crippen LogP contribution in [0.3, 0.4) is 0 Å². The molecule has 3 atom stereocenters. The molecule has 1 aliphatic heterocycles. The van der Waals surface area contributed by atoms with Crippen LogP contribution in [0.4, 0.5) is 0 Å². The molecule has 0 aromatic heterocycles. The highest BCUT2D eigenvalue weighted by molar-refractivity contribution is 4.95. The van der Waals surface area contributed by atoms with E-state index in [1.165, 1.54) is 25.8 Å². The lowest BCUT2D eigenvalue weighted by Gasteiger charge is -2.27. The van der Waals surface area contributed by atoms with Gasteiger partial charge in [-0.25, -0.2) is 0 Å². The van der Waals surface area contributed by atoms with Crippen molar-refractivity contribution in [2.45, 2.75) is 52.1 Å². The summed E-state index contributed by atoms with van der Waals surface area (Å²) in [7, 11) is 0. The standard InChI is InChI=1S/C11H21N/c1-8(2)12-7-10-5-4-6-11(10)9(12)3/h8-11H,4-7H2,1-3H3. The van der Waals surface area contributed by atoms with Gasteiger partial charge in [-0.1, -0.05) is 6.42 Å². The Morgan fingerprint density at radius 3 is 2.58 bits per heavy atom. The number of fused-ring (bicyclic) bond motifs is 1. The van der Waals surface area contributed by atoms with Gasteiger partial charge in [-0.05, 0) is 45.4 Å². The molecule has 0 amide bonds. The first-order valence-corrected chi connectivity index (χ1v) is 5.46. The lowest BCUT2D eigenvalue weighted by molar-refractivity contribution is 0.190. The van der Waals surface area contributed by atoms with Crippen molar-refractivity contribution in [1.29, 1.82) is 0 Å². The van der Waals surface area contributed by atoms with Crippen molar-refractivity contribution in [1.82, 2.24) is 4.90 Å². The number of rotatable bonds is 1. The molecule has 1 nitrogen and oxygen atoms in total. The third-order valence-corrected chi connectivity index (χ3v) is 3.97. The van der Waals surface area contributed by atoms with E-state index in [0.717, 1.165) is 23.9 Å². The minimum absolute atomic E-state index is 0.755. The van der Waals surface area contributed by atoms with Gasteiger partial charge < -0.3 is 0 Å². The molecule has 1 saturated heterocycles. The summed E-state index contributed by atoms with van der Waals surface area (Å²) in [5.74, 6) is 2.08. The highest BCUT2D eigenvalue weighted by Crippen LogP contribution is 2.42. The molecule has 0 aromatic rings. The Labute approximate surface area is 76.1 Å². The molecule has 70 valence electrons. The van der Waals surface area contributed by atoms with Crippen molar-refractivity contribution in [3.8, 4) is 0 Å². The average Bonchev–Trinajstić information content (AvgIpc) is 2.53. The van der Waals surface area contributed by atoms with Gasteiger partial charge in [0.15, 0.2) is 0 Å². The van der Waals surface area contributed by atoms with E-state index in [2.05, 4.69) is 25.7 Å². The second kappa shape index (κ2) is 3.02. The predicted molar refractivity (Wildman–Crippen MR) is 52.1 cm³/mol. The zero-order chi connectivity index (χ0) is 8.72. The minimum atomic E-state index is 0.755. The largest absolute Gasteiger partial charge is 0.298 e. The molecule has 1 saturated carbocycles. The van der Waals surface area contributed by atoms with E-state index >= 15 is 0 Å². The first-order valence-electron chi connectivity index (χ1n) is 5.46. The van der Waals surface area contributed by atoms with Crippen molar-refractivity contribution >= 4 is 0 Å². The molecule has 2 rings (SSSR count). The van der Waals surface area contributed by atoms with Crippen LogP contribution >= 0.6 is 0 Å². The fourth-order valence-corrected chi connectivity index (χ4v) is 3.29. The highest BCUT2D eigenvalue weighted by atomic mass is 15.2. The molecule has 12 heavy (non-hydrogen) atoms. The van der Waals surface area contributed by atoms with E-state index in [4.69, 9.17) is 0 Å². The molecule has 0 N–H and O–H groups in total. The number of hydrogen-bond donors (Lipinski definition) is 0. The van der Waals surface area contributed by atoms with Crippen molar-refractivity contribution in [2.75, 3.05) is 6.54 Å². The normalized spacial score (nSPS) is 42.5. The molecule has 0 aromatic carbocycles. The quantitative estimate of drug-likeness (QED) is 0.580. The van der Waals surface area contributed by atoms with Gasteiger partial charge in [-0.2, -0.15) is 0 Å². The Kier molecular flexibility index (Phi) is 2.16. The maximum absolute atomic E-state index is 2.69. The van der Waals surface area contributed by atoms with Crippen LogP contribution in [0.15, 0.2) is 0 Å². The lowest BCUT2D eigenvalue weighted by Crippen LogP contribution is -2.35. The summed E-state index contributed by atoms with van der Waals surface area (Å²) >= 11 is 0. The first-order chi connectivity index (χ1) is 5.70. The monoisotopic (exact) mass is 167 g/mol. The van der Waals surface area contributed by atoms with Crippen molar-refractivity contribution in [3.63, 3.8) is 0 Å². The SMILES string of the molecule is CC(C)N1CC2CCCC2C1C. The van der Waals surface area contributed by atoms with Gasteiger partial charge >= 0.3 is 0 Å².